The first-order valence-corrected chi connectivity index (χ1v) is 8.97. The van der Waals surface area contributed by atoms with Crippen LogP contribution in [0.3, 0.4) is 0 Å². The van der Waals surface area contributed by atoms with Crippen LogP contribution in [0.15, 0.2) is 54.6 Å². The van der Waals surface area contributed by atoms with Gasteiger partial charge in [0.15, 0.2) is 0 Å². The zero-order valence-corrected chi connectivity index (χ0v) is 16.1. The average molecular weight is 357 g/mol. The minimum absolute atomic E-state index is 0.0636. The maximum atomic E-state index is 8.55. The molecule has 5 N–H and O–H groups in total. The number of nitrogen functional groups attached to an aromatic ring is 1. The van der Waals surface area contributed by atoms with Gasteiger partial charge in [-0.05, 0) is 56.8 Å². The van der Waals surface area contributed by atoms with Crippen molar-refractivity contribution in [3.05, 3.63) is 65.7 Å². The quantitative estimate of drug-likeness (QED) is 0.433. The molecule has 142 valence electrons. The van der Waals surface area contributed by atoms with E-state index in [1.807, 2.05) is 12.1 Å². The van der Waals surface area contributed by atoms with Gasteiger partial charge >= 0.3 is 0 Å². The Morgan fingerprint density at radius 1 is 1.12 bits per heavy atom. The van der Waals surface area contributed by atoms with E-state index in [4.69, 9.17) is 16.2 Å². The largest absolute Gasteiger partial charge is 0.395 e. The number of amidine groups is 1. The minimum atomic E-state index is 0.0636. The summed E-state index contributed by atoms with van der Waals surface area (Å²) >= 11 is 0. The van der Waals surface area contributed by atoms with Crippen LogP contribution in [0.4, 0.5) is 5.69 Å². The molecule has 0 saturated carbocycles. The highest BCUT2D eigenvalue weighted by molar-refractivity contribution is 5.95. The third-order valence-electron chi connectivity index (χ3n) is 4.15. The SMILES string of the molecule is CCC(Cc1ccccc1)N(C)C.N=C(N)c1ccc(NCCO)cc1. The molecule has 2 rings (SSSR count). The molecule has 1 unspecified atom stereocenters. The van der Waals surface area contributed by atoms with Crippen molar-refractivity contribution in [1.82, 2.24) is 4.90 Å². The number of hydrogen-bond acceptors (Lipinski definition) is 4. The summed E-state index contributed by atoms with van der Waals surface area (Å²) in [5.41, 5.74) is 8.34. The molecule has 0 amide bonds. The van der Waals surface area contributed by atoms with Crippen molar-refractivity contribution in [3.8, 4) is 0 Å². The third kappa shape index (κ3) is 8.14. The fourth-order valence-corrected chi connectivity index (χ4v) is 2.55. The van der Waals surface area contributed by atoms with E-state index in [1.54, 1.807) is 12.1 Å². The van der Waals surface area contributed by atoms with Crippen molar-refractivity contribution in [3.63, 3.8) is 0 Å². The molecule has 0 aliphatic carbocycles. The summed E-state index contributed by atoms with van der Waals surface area (Å²) in [7, 11) is 4.30. The van der Waals surface area contributed by atoms with Gasteiger partial charge in [-0.2, -0.15) is 0 Å². The van der Waals surface area contributed by atoms with Crippen LogP contribution in [0.5, 0.6) is 0 Å². The van der Waals surface area contributed by atoms with Crippen molar-refractivity contribution in [2.24, 2.45) is 5.73 Å². The summed E-state index contributed by atoms with van der Waals surface area (Å²) in [6.45, 7) is 2.88. The van der Waals surface area contributed by atoms with E-state index in [-0.39, 0.29) is 12.4 Å². The van der Waals surface area contributed by atoms with E-state index >= 15 is 0 Å². The van der Waals surface area contributed by atoms with Crippen LogP contribution in [0.2, 0.25) is 0 Å². The maximum Gasteiger partial charge on any atom is 0.122 e. The summed E-state index contributed by atoms with van der Waals surface area (Å²) in [6, 6.07) is 18.5. The van der Waals surface area contributed by atoms with Gasteiger partial charge in [-0.1, -0.05) is 37.3 Å². The summed E-state index contributed by atoms with van der Waals surface area (Å²) < 4.78 is 0. The number of aliphatic hydroxyl groups excluding tert-OH is 1. The lowest BCUT2D eigenvalue weighted by atomic mass is 10.0. The molecule has 0 aliphatic rings. The Balaban J connectivity index is 0.000000260. The van der Waals surface area contributed by atoms with Crippen LogP contribution in [-0.4, -0.2) is 49.1 Å². The second-order valence-electron chi connectivity index (χ2n) is 6.36. The fraction of sp³-hybridized carbons (Fsp3) is 0.381. The third-order valence-corrected chi connectivity index (χ3v) is 4.15. The molecule has 2 aromatic rings. The lowest BCUT2D eigenvalue weighted by Gasteiger charge is -2.22. The van der Waals surface area contributed by atoms with Gasteiger partial charge < -0.3 is 21.1 Å². The zero-order chi connectivity index (χ0) is 19.4. The second kappa shape index (κ2) is 12.1. The predicted molar refractivity (Wildman–Crippen MR) is 111 cm³/mol. The van der Waals surface area contributed by atoms with Crippen LogP contribution < -0.4 is 11.1 Å². The van der Waals surface area contributed by atoms with Gasteiger partial charge in [0, 0.05) is 23.8 Å². The molecule has 0 bridgehead atoms. The number of likely N-dealkylation sites (N-methyl/N-ethyl adjacent to an activating group) is 1. The van der Waals surface area contributed by atoms with Crippen LogP contribution in [0.1, 0.15) is 24.5 Å². The van der Waals surface area contributed by atoms with Gasteiger partial charge in [-0.15, -0.1) is 0 Å². The molecule has 0 spiro atoms. The maximum absolute atomic E-state index is 8.55. The van der Waals surface area contributed by atoms with Crippen LogP contribution in [-0.2, 0) is 6.42 Å². The van der Waals surface area contributed by atoms with Gasteiger partial charge in [0.05, 0.1) is 6.61 Å². The molecule has 0 saturated heterocycles. The standard InChI is InChI=1S/C12H19N.C9H13N3O/c1-4-12(13(2)3)10-11-8-6-5-7-9-11;10-9(11)7-1-3-8(4-2-7)12-5-6-13/h5-9,12H,4,10H2,1-3H3;1-4,12-13H,5-6H2,(H3,10,11). The molecule has 0 aliphatic heterocycles. The Hall–Kier alpha value is -2.37. The summed E-state index contributed by atoms with van der Waals surface area (Å²) in [5, 5.41) is 18.7. The van der Waals surface area contributed by atoms with E-state index in [1.165, 1.54) is 12.0 Å². The Morgan fingerprint density at radius 2 is 1.73 bits per heavy atom. The van der Waals surface area contributed by atoms with Gasteiger partial charge in [0.2, 0.25) is 0 Å². The van der Waals surface area contributed by atoms with Crippen molar-refractivity contribution in [2.75, 3.05) is 32.6 Å². The number of nitrogens with two attached hydrogens (primary N) is 1. The van der Waals surface area contributed by atoms with Crippen molar-refractivity contribution in [2.45, 2.75) is 25.8 Å². The average Bonchev–Trinajstić information content (AvgIpc) is 2.66. The number of nitrogens with zero attached hydrogens (tertiary/aromatic N) is 1. The predicted octanol–water partition coefficient (Wildman–Crippen LogP) is 2.94. The molecule has 2 aromatic carbocycles. The number of anilines is 1. The van der Waals surface area contributed by atoms with E-state index in [2.05, 4.69) is 61.6 Å². The highest BCUT2D eigenvalue weighted by atomic mass is 16.3. The highest BCUT2D eigenvalue weighted by Gasteiger charge is 2.08. The Labute approximate surface area is 157 Å². The molecule has 5 nitrogen and oxygen atoms in total. The smallest absolute Gasteiger partial charge is 0.122 e. The fourth-order valence-electron chi connectivity index (χ4n) is 2.55. The molecule has 5 heteroatoms. The summed E-state index contributed by atoms with van der Waals surface area (Å²) in [4.78, 5) is 2.30. The molecular formula is C21H32N4O. The van der Waals surface area contributed by atoms with E-state index in [0.29, 0.717) is 18.2 Å². The van der Waals surface area contributed by atoms with Crippen molar-refractivity contribution >= 4 is 11.5 Å². The molecule has 0 heterocycles. The first-order valence-electron chi connectivity index (χ1n) is 8.97. The van der Waals surface area contributed by atoms with Gasteiger partial charge in [-0.25, -0.2) is 0 Å². The number of rotatable bonds is 8. The van der Waals surface area contributed by atoms with E-state index in [9.17, 15) is 0 Å². The number of aliphatic hydroxyl groups is 1. The van der Waals surface area contributed by atoms with Crippen molar-refractivity contribution in [1.29, 1.82) is 5.41 Å². The molecule has 1 atom stereocenters. The van der Waals surface area contributed by atoms with Gasteiger partial charge in [-0.3, -0.25) is 5.41 Å². The topological polar surface area (TPSA) is 85.4 Å². The van der Waals surface area contributed by atoms with E-state index < -0.39 is 0 Å². The number of hydrogen-bond donors (Lipinski definition) is 4. The number of nitrogens with one attached hydrogen (secondary N) is 2. The Kier molecular flexibility index (Phi) is 10.1. The monoisotopic (exact) mass is 356 g/mol. The van der Waals surface area contributed by atoms with Crippen LogP contribution in [0.25, 0.3) is 0 Å². The Morgan fingerprint density at radius 3 is 2.19 bits per heavy atom. The molecule has 0 fully saturated rings. The molecular weight excluding hydrogens is 324 g/mol. The summed E-state index contributed by atoms with van der Waals surface area (Å²) in [6.07, 6.45) is 2.37. The second-order valence-corrected chi connectivity index (χ2v) is 6.36. The first kappa shape index (κ1) is 21.7. The minimum Gasteiger partial charge on any atom is -0.395 e. The van der Waals surface area contributed by atoms with Crippen LogP contribution >= 0.6 is 0 Å². The molecule has 0 radical (unpaired) electrons. The van der Waals surface area contributed by atoms with Gasteiger partial charge in [0.25, 0.3) is 0 Å². The zero-order valence-electron chi connectivity index (χ0n) is 16.1. The summed E-state index contributed by atoms with van der Waals surface area (Å²) in [5.74, 6) is 0.0636. The van der Waals surface area contributed by atoms with Crippen LogP contribution in [0, 0.1) is 5.41 Å². The van der Waals surface area contributed by atoms with E-state index in [0.717, 1.165) is 12.1 Å². The normalized spacial score (nSPS) is 11.4. The lowest BCUT2D eigenvalue weighted by molar-refractivity contribution is 0.284. The van der Waals surface area contributed by atoms with Crippen molar-refractivity contribution < 1.29 is 5.11 Å². The highest BCUT2D eigenvalue weighted by Crippen LogP contribution is 2.09. The first-order chi connectivity index (χ1) is 12.5. The van der Waals surface area contributed by atoms with Gasteiger partial charge in [0.1, 0.15) is 5.84 Å². The Bertz CT molecular complexity index is 626. The molecule has 0 aromatic heterocycles. The molecule has 26 heavy (non-hydrogen) atoms. The lowest BCUT2D eigenvalue weighted by Crippen LogP contribution is -2.29. The number of benzene rings is 2.